The number of benzene rings is 1. The second-order valence-electron chi connectivity index (χ2n) is 5.81. The lowest BCUT2D eigenvalue weighted by atomic mass is 10.0. The van der Waals surface area contributed by atoms with Gasteiger partial charge in [-0.25, -0.2) is 0 Å². The maximum absolute atomic E-state index is 13.3. The van der Waals surface area contributed by atoms with Gasteiger partial charge in [0.1, 0.15) is 0 Å². The zero-order chi connectivity index (χ0) is 18.8. The van der Waals surface area contributed by atoms with Crippen molar-refractivity contribution in [3.63, 3.8) is 0 Å². The number of carbonyl (C=O) groups is 1. The van der Waals surface area contributed by atoms with E-state index in [0.717, 1.165) is 24.6 Å². The van der Waals surface area contributed by atoms with Crippen molar-refractivity contribution in [2.45, 2.75) is 39.5 Å². The van der Waals surface area contributed by atoms with Crippen molar-refractivity contribution in [2.24, 2.45) is 5.92 Å². The lowest BCUT2D eigenvalue weighted by Gasteiger charge is -2.15. The quantitative estimate of drug-likeness (QED) is 0.282. The van der Waals surface area contributed by atoms with Crippen molar-refractivity contribution < 1.29 is 14.1 Å². The van der Waals surface area contributed by atoms with Gasteiger partial charge in [0.15, 0.2) is 5.11 Å². The average Bonchev–Trinajstić information content (AvgIpc) is 2.58. The second kappa shape index (κ2) is 10.5. The number of hydrogen-bond donors (Lipinski definition) is 3. The molecule has 1 aromatic carbocycles. The Balaban J connectivity index is 2.42. The molecular weight excluding hydrogens is 347 g/mol. The largest absolute Gasteiger partial charge is 0.361 e. The Morgan fingerprint density at radius 1 is 1.36 bits per heavy atom. The number of thiocarbonyl (C=S) groups is 1. The van der Waals surface area contributed by atoms with E-state index in [2.05, 4.69) is 30.0 Å². The van der Waals surface area contributed by atoms with Gasteiger partial charge in [-0.1, -0.05) is 33.1 Å². The molecule has 0 saturated heterocycles. The molecule has 25 heavy (non-hydrogen) atoms. The Hall–Kier alpha value is -2.29. The van der Waals surface area contributed by atoms with E-state index in [9.17, 15) is 19.3 Å². The number of halogens is 1. The zero-order valence-electron chi connectivity index (χ0n) is 14.3. The van der Waals surface area contributed by atoms with Crippen LogP contribution in [0.1, 0.15) is 49.9 Å². The molecule has 0 fully saturated rings. The molecule has 0 bridgehead atoms. The van der Waals surface area contributed by atoms with E-state index < -0.39 is 22.3 Å². The van der Waals surface area contributed by atoms with Crippen LogP contribution in [-0.4, -0.2) is 22.5 Å². The predicted molar refractivity (Wildman–Crippen MR) is 97.6 cm³/mol. The van der Waals surface area contributed by atoms with Gasteiger partial charge in [0, 0.05) is 18.2 Å². The number of nitrogens with one attached hydrogen (secondary N) is 3. The lowest BCUT2D eigenvalue weighted by molar-refractivity contribution is -0.387. The molecule has 7 nitrogen and oxygen atoms in total. The van der Waals surface area contributed by atoms with Crippen LogP contribution in [0.25, 0.3) is 0 Å². The first-order chi connectivity index (χ1) is 11.8. The molecule has 1 atom stereocenters. The van der Waals surface area contributed by atoms with Crippen molar-refractivity contribution in [3.8, 4) is 0 Å². The van der Waals surface area contributed by atoms with Crippen LogP contribution in [-0.2, 0) is 0 Å². The van der Waals surface area contributed by atoms with E-state index in [-0.39, 0.29) is 10.7 Å². The molecule has 138 valence electrons. The molecular formula is C16H23FN4O3S. The molecule has 3 N–H and O–H groups in total. The van der Waals surface area contributed by atoms with Crippen LogP contribution in [0.2, 0.25) is 0 Å². The minimum atomic E-state index is -0.997. The number of rotatable bonds is 8. The first kappa shape index (κ1) is 20.8. The average molecular weight is 370 g/mol. The molecule has 0 unspecified atom stereocenters. The molecule has 1 amide bonds. The number of unbranched alkanes of at least 4 members (excludes halogenated alkanes) is 2. The van der Waals surface area contributed by atoms with Crippen LogP contribution in [0, 0.1) is 21.8 Å². The molecule has 9 heteroatoms. The highest BCUT2D eigenvalue weighted by Crippen LogP contribution is 2.18. The van der Waals surface area contributed by atoms with Gasteiger partial charge < -0.3 is 5.32 Å². The smallest absolute Gasteiger partial charge is 0.305 e. The monoisotopic (exact) mass is 370 g/mol. The fourth-order valence-corrected chi connectivity index (χ4v) is 2.27. The van der Waals surface area contributed by atoms with Crippen molar-refractivity contribution >= 4 is 28.9 Å². The molecule has 1 aromatic rings. The summed E-state index contributed by atoms with van der Waals surface area (Å²) in [6, 6.07) is 2.91. The van der Waals surface area contributed by atoms with Crippen LogP contribution in [0.15, 0.2) is 18.2 Å². The number of nitrogens with zero attached hydrogens (tertiary/aromatic N) is 1. The van der Waals surface area contributed by atoms with Crippen LogP contribution in [0.5, 0.6) is 0 Å². The number of hydrogen-bond acceptors (Lipinski definition) is 4. The Labute approximate surface area is 151 Å². The van der Waals surface area contributed by atoms with Gasteiger partial charge in [0.05, 0.1) is 4.92 Å². The van der Waals surface area contributed by atoms with Gasteiger partial charge >= 0.3 is 5.69 Å². The van der Waals surface area contributed by atoms with Crippen LogP contribution < -0.4 is 16.2 Å². The summed E-state index contributed by atoms with van der Waals surface area (Å²) in [7, 11) is 0. The van der Waals surface area contributed by atoms with Gasteiger partial charge in [-0.05, 0) is 36.7 Å². The number of nitro groups is 1. The second-order valence-corrected chi connectivity index (χ2v) is 6.22. The highest BCUT2D eigenvalue weighted by atomic mass is 32.1. The predicted octanol–water partition coefficient (Wildman–Crippen LogP) is 3.06. The van der Waals surface area contributed by atoms with Crippen molar-refractivity contribution in [2.75, 3.05) is 6.54 Å². The summed E-state index contributed by atoms with van der Waals surface area (Å²) in [5, 5.41) is 13.9. The topological polar surface area (TPSA) is 96.3 Å². The summed E-state index contributed by atoms with van der Waals surface area (Å²) in [6.07, 6.45) is 4.63. The Kier molecular flexibility index (Phi) is 8.76. The van der Waals surface area contributed by atoms with Gasteiger partial charge in [-0.2, -0.15) is 4.39 Å². The van der Waals surface area contributed by atoms with Crippen molar-refractivity contribution in [3.05, 3.63) is 39.7 Å². The minimum absolute atomic E-state index is 0.0451. The van der Waals surface area contributed by atoms with Crippen LogP contribution >= 0.6 is 12.2 Å². The van der Waals surface area contributed by atoms with E-state index >= 15 is 0 Å². The van der Waals surface area contributed by atoms with Crippen LogP contribution in [0.3, 0.4) is 0 Å². The summed E-state index contributed by atoms with van der Waals surface area (Å²) < 4.78 is 13.3. The van der Waals surface area contributed by atoms with Crippen LogP contribution in [0.4, 0.5) is 10.1 Å². The third-order valence-electron chi connectivity index (χ3n) is 3.61. The van der Waals surface area contributed by atoms with Gasteiger partial charge in [-0.3, -0.25) is 25.8 Å². The third-order valence-corrected chi connectivity index (χ3v) is 3.85. The van der Waals surface area contributed by atoms with Crippen molar-refractivity contribution in [1.82, 2.24) is 16.2 Å². The Morgan fingerprint density at radius 2 is 2.08 bits per heavy atom. The first-order valence-corrected chi connectivity index (χ1v) is 8.54. The summed E-state index contributed by atoms with van der Waals surface area (Å²) >= 11 is 5.06. The molecule has 0 aliphatic rings. The molecule has 0 aliphatic heterocycles. The molecule has 0 heterocycles. The summed E-state index contributed by atoms with van der Waals surface area (Å²) in [6.45, 7) is 4.94. The fourth-order valence-electron chi connectivity index (χ4n) is 2.14. The van der Waals surface area contributed by atoms with E-state index in [1.54, 1.807) is 0 Å². The Bertz CT molecular complexity index is 627. The third kappa shape index (κ3) is 7.42. The van der Waals surface area contributed by atoms with E-state index in [0.29, 0.717) is 12.5 Å². The maximum Gasteiger partial charge on any atom is 0.305 e. The first-order valence-electron chi connectivity index (χ1n) is 8.13. The van der Waals surface area contributed by atoms with E-state index in [1.807, 2.05) is 0 Å². The number of hydrazine groups is 1. The van der Waals surface area contributed by atoms with Gasteiger partial charge in [-0.15, -0.1) is 0 Å². The molecule has 0 saturated carbocycles. The van der Waals surface area contributed by atoms with Gasteiger partial charge in [0.25, 0.3) is 5.91 Å². The minimum Gasteiger partial charge on any atom is -0.361 e. The summed E-state index contributed by atoms with van der Waals surface area (Å²) in [4.78, 5) is 21.8. The molecule has 0 aromatic heterocycles. The van der Waals surface area contributed by atoms with E-state index in [4.69, 9.17) is 12.2 Å². The van der Waals surface area contributed by atoms with E-state index in [1.165, 1.54) is 19.3 Å². The SMILES string of the molecule is CCCCC[C@H](C)CNC(=S)NNC(=O)c1ccc(F)c([N+](=O)[O-])c1. The molecule has 0 spiro atoms. The molecule has 0 radical (unpaired) electrons. The fraction of sp³-hybridized carbons (Fsp3) is 0.500. The van der Waals surface area contributed by atoms with Gasteiger partial charge in [0.2, 0.25) is 5.82 Å². The maximum atomic E-state index is 13.3. The number of carbonyl (C=O) groups excluding carboxylic acids is 1. The Morgan fingerprint density at radius 3 is 2.72 bits per heavy atom. The van der Waals surface area contributed by atoms with Crippen molar-refractivity contribution in [1.29, 1.82) is 0 Å². The zero-order valence-corrected chi connectivity index (χ0v) is 15.1. The number of nitro benzene ring substituents is 1. The summed E-state index contributed by atoms with van der Waals surface area (Å²) in [5.41, 5.74) is 4.05. The standard InChI is InChI=1S/C16H23FN4O3S/c1-3-4-5-6-11(2)10-18-16(25)20-19-15(22)12-7-8-13(17)14(9-12)21(23)24/h7-9,11H,3-6,10H2,1-2H3,(H,19,22)(H2,18,20,25)/t11-/m0/s1. The molecule has 0 aliphatic carbocycles. The number of amides is 1. The highest BCUT2D eigenvalue weighted by molar-refractivity contribution is 7.80. The lowest BCUT2D eigenvalue weighted by Crippen LogP contribution is -2.47. The highest BCUT2D eigenvalue weighted by Gasteiger charge is 2.17. The molecule has 1 rings (SSSR count). The summed E-state index contributed by atoms with van der Waals surface area (Å²) in [5.74, 6) is -1.20. The normalized spacial score (nSPS) is 11.5.